The lowest BCUT2D eigenvalue weighted by Crippen LogP contribution is -2.25. The molecule has 1 N–H and O–H groups in total. The van der Waals surface area contributed by atoms with E-state index in [0.717, 1.165) is 38.9 Å². The Morgan fingerprint density at radius 2 is 1.69 bits per heavy atom. The minimum atomic E-state index is -0.927. The number of fused-ring (bicyclic) bond motifs is 1. The smallest absolute Gasteiger partial charge is 0.339 e. The molecule has 0 saturated heterocycles. The number of carbonyl (C=O) groups is 2. The predicted octanol–water partition coefficient (Wildman–Crippen LogP) is 6.86. The Labute approximate surface area is 207 Å². The number of benzene rings is 2. The normalized spacial score (nSPS) is 12.6. The van der Waals surface area contributed by atoms with Gasteiger partial charge < -0.3 is 14.4 Å². The molecule has 0 aliphatic heterocycles. The van der Waals surface area contributed by atoms with Gasteiger partial charge in [0, 0.05) is 23.1 Å². The van der Waals surface area contributed by atoms with Crippen LogP contribution in [-0.4, -0.2) is 27.2 Å². The van der Waals surface area contributed by atoms with Gasteiger partial charge >= 0.3 is 11.9 Å². The predicted molar refractivity (Wildman–Crippen MR) is 142 cm³/mol. The lowest BCUT2D eigenvalue weighted by atomic mass is 9.96. The summed E-state index contributed by atoms with van der Waals surface area (Å²) in [5.74, 6) is -1.32. The maximum Gasteiger partial charge on any atom is 0.339 e. The summed E-state index contributed by atoms with van der Waals surface area (Å²) in [5, 5.41) is 10.3. The zero-order chi connectivity index (χ0) is 25.9. The number of carboxylic acids is 1. The fraction of sp³-hybridized carbons (Fsp3) is 0.267. The number of allylic oxidation sites excluding steroid dienone is 3. The number of ether oxygens (including phenoxy) is 1. The van der Waals surface area contributed by atoms with Crippen LogP contribution < -0.4 is 0 Å². The highest BCUT2D eigenvalue weighted by Crippen LogP contribution is 2.29. The van der Waals surface area contributed by atoms with Gasteiger partial charge in [-0.05, 0) is 88.1 Å². The molecule has 0 saturated carbocycles. The van der Waals surface area contributed by atoms with E-state index in [-0.39, 0.29) is 11.5 Å². The molecule has 5 nitrogen and oxygen atoms in total. The molecule has 3 aromatic rings. The molecule has 0 unspecified atom stereocenters. The van der Waals surface area contributed by atoms with Crippen molar-refractivity contribution < 1.29 is 19.4 Å². The van der Waals surface area contributed by atoms with E-state index in [1.165, 1.54) is 0 Å². The Kier molecular flexibility index (Phi) is 7.49. The minimum absolute atomic E-state index is 0.286. The van der Waals surface area contributed by atoms with Gasteiger partial charge in [-0.15, -0.1) is 0 Å². The molecule has 0 amide bonds. The van der Waals surface area contributed by atoms with Crippen molar-refractivity contribution in [3.63, 3.8) is 0 Å². The highest BCUT2D eigenvalue weighted by molar-refractivity contribution is 6.06. The molecular weight excluding hydrogens is 438 g/mol. The van der Waals surface area contributed by atoms with Crippen LogP contribution in [0.15, 0.2) is 72.8 Å². The van der Waals surface area contributed by atoms with Crippen LogP contribution in [0, 0.1) is 13.8 Å². The average molecular weight is 472 g/mol. The summed E-state index contributed by atoms with van der Waals surface area (Å²) in [6.07, 6.45) is 5.18. The molecule has 0 bridgehead atoms. The molecule has 1 aromatic heterocycles. The number of aromatic carboxylic acids is 1. The highest BCUT2D eigenvalue weighted by atomic mass is 16.6. The van der Waals surface area contributed by atoms with Gasteiger partial charge in [-0.3, -0.25) is 0 Å². The molecular formula is C30H33NO4. The summed E-state index contributed by atoms with van der Waals surface area (Å²) in [4.78, 5) is 24.2. The van der Waals surface area contributed by atoms with Crippen molar-refractivity contribution in [1.82, 2.24) is 4.57 Å². The summed E-state index contributed by atoms with van der Waals surface area (Å²) in [6.45, 7) is 15.9. The molecule has 0 aliphatic rings. The Hall–Kier alpha value is -3.86. The second-order valence-corrected chi connectivity index (χ2v) is 9.55. The third kappa shape index (κ3) is 5.62. The number of carbonyl (C=O) groups excluding carboxylic acids is 1. The molecule has 5 heteroatoms. The van der Waals surface area contributed by atoms with Crippen LogP contribution in [0.2, 0.25) is 0 Å². The zero-order valence-electron chi connectivity index (χ0n) is 21.3. The first-order chi connectivity index (χ1) is 16.5. The maximum atomic E-state index is 12.8. The van der Waals surface area contributed by atoms with Gasteiger partial charge in [0.05, 0.1) is 11.1 Å². The van der Waals surface area contributed by atoms with Crippen LogP contribution in [0.4, 0.5) is 0 Å². The first kappa shape index (κ1) is 25.8. The van der Waals surface area contributed by atoms with Gasteiger partial charge in [0.15, 0.2) is 0 Å². The van der Waals surface area contributed by atoms with Crippen molar-refractivity contribution in [3.05, 3.63) is 101 Å². The first-order valence-corrected chi connectivity index (χ1v) is 11.6. The van der Waals surface area contributed by atoms with Gasteiger partial charge in [-0.1, -0.05) is 43.0 Å². The summed E-state index contributed by atoms with van der Waals surface area (Å²) in [7, 11) is 0. The maximum absolute atomic E-state index is 12.8. The largest absolute Gasteiger partial charge is 0.478 e. The topological polar surface area (TPSA) is 68.5 Å². The number of carboxylic acid groups (broad SMARTS) is 1. The lowest BCUT2D eigenvalue weighted by molar-refractivity contribution is -0.149. The number of rotatable bonds is 7. The van der Waals surface area contributed by atoms with Crippen LogP contribution in [0.5, 0.6) is 0 Å². The van der Waals surface area contributed by atoms with E-state index in [0.29, 0.717) is 12.1 Å². The fourth-order valence-electron chi connectivity index (χ4n) is 4.16. The monoisotopic (exact) mass is 471 g/mol. The Bertz CT molecular complexity index is 1350. The Morgan fingerprint density at radius 1 is 1.06 bits per heavy atom. The van der Waals surface area contributed by atoms with E-state index in [4.69, 9.17) is 4.74 Å². The number of esters is 1. The second kappa shape index (κ2) is 10.2. The Balaban J connectivity index is 1.93. The molecule has 0 aliphatic carbocycles. The van der Waals surface area contributed by atoms with Crippen molar-refractivity contribution in [3.8, 4) is 0 Å². The van der Waals surface area contributed by atoms with Gasteiger partial charge in [-0.25, -0.2) is 9.59 Å². The number of hydrogen-bond acceptors (Lipinski definition) is 3. The van der Waals surface area contributed by atoms with Crippen molar-refractivity contribution >= 4 is 28.4 Å². The lowest BCUT2D eigenvalue weighted by Gasteiger charge is -2.21. The summed E-state index contributed by atoms with van der Waals surface area (Å²) in [6, 6.07) is 13.4. The molecule has 0 atom stereocenters. The van der Waals surface area contributed by atoms with Crippen LogP contribution in [0.1, 0.15) is 60.4 Å². The number of aromatic nitrogens is 1. The first-order valence-electron chi connectivity index (χ1n) is 11.6. The van der Waals surface area contributed by atoms with Crippen molar-refractivity contribution in [2.45, 2.75) is 53.7 Å². The second-order valence-electron chi connectivity index (χ2n) is 9.55. The SMILES string of the molecule is C=C/C=C(C(=O)OC(C)(C)C)\C(=C/C)c1ccc(Cn2c(C)c(C)c3cc(C(=O)O)ccc32)cc1. The van der Waals surface area contributed by atoms with Crippen molar-refractivity contribution in [2.75, 3.05) is 0 Å². The number of aryl methyl sites for hydroxylation is 1. The molecule has 3 rings (SSSR count). The summed E-state index contributed by atoms with van der Waals surface area (Å²) >= 11 is 0. The van der Waals surface area contributed by atoms with Gasteiger partial charge in [0.2, 0.25) is 0 Å². The van der Waals surface area contributed by atoms with Crippen LogP contribution >= 0.6 is 0 Å². The number of nitrogens with zero attached hydrogens (tertiary/aromatic N) is 1. The zero-order valence-corrected chi connectivity index (χ0v) is 21.3. The minimum Gasteiger partial charge on any atom is -0.478 e. The quantitative estimate of drug-likeness (QED) is 0.232. The molecule has 0 radical (unpaired) electrons. The van der Waals surface area contributed by atoms with Gasteiger partial charge in [0.25, 0.3) is 0 Å². The third-order valence-corrected chi connectivity index (χ3v) is 5.97. The van der Waals surface area contributed by atoms with Crippen LogP contribution in [0.25, 0.3) is 16.5 Å². The summed E-state index contributed by atoms with van der Waals surface area (Å²) in [5.41, 5.74) is 6.12. The summed E-state index contributed by atoms with van der Waals surface area (Å²) < 4.78 is 7.80. The van der Waals surface area contributed by atoms with E-state index in [1.807, 2.05) is 71.0 Å². The van der Waals surface area contributed by atoms with E-state index in [9.17, 15) is 14.7 Å². The molecule has 182 valence electrons. The van der Waals surface area contributed by atoms with E-state index < -0.39 is 11.6 Å². The van der Waals surface area contributed by atoms with Crippen molar-refractivity contribution in [1.29, 1.82) is 0 Å². The van der Waals surface area contributed by atoms with Crippen LogP contribution in [-0.2, 0) is 16.1 Å². The van der Waals surface area contributed by atoms with Crippen molar-refractivity contribution in [2.24, 2.45) is 0 Å². The molecule has 0 fully saturated rings. The average Bonchev–Trinajstić information content (AvgIpc) is 3.03. The van der Waals surface area contributed by atoms with E-state index in [1.54, 1.807) is 24.3 Å². The van der Waals surface area contributed by atoms with E-state index in [2.05, 4.69) is 18.1 Å². The van der Waals surface area contributed by atoms with Crippen LogP contribution in [0.3, 0.4) is 0 Å². The number of hydrogen-bond donors (Lipinski definition) is 1. The van der Waals surface area contributed by atoms with Gasteiger partial charge in [-0.2, -0.15) is 0 Å². The Morgan fingerprint density at radius 3 is 2.23 bits per heavy atom. The molecule has 2 aromatic carbocycles. The van der Waals surface area contributed by atoms with E-state index >= 15 is 0 Å². The standard InChI is InChI=1S/C30H33NO4/c1-8-10-25(29(34)35-30(5,6)7)24(9-2)22-13-11-21(12-14-22)18-31-20(4)19(3)26-17-23(28(32)33)15-16-27(26)31/h8-17H,1,18H2,2-7H3,(H,32,33)/b24-9-,25-10+. The highest BCUT2D eigenvalue weighted by Gasteiger charge is 2.22. The molecule has 0 spiro atoms. The molecule has 1 heterocycles. The fourth-order valence-corrected chi connectivity index (χ4v) is 4.16. The third-order valence-electron chi connectivity index (χ3n) is 5.97. The van der Waals surface area contributed by atoms with Gasteiger partial charge in [0.1, 0.15) is 5.60 Å². The molecule has 35 heavy (non-hydrogen) atoms.